The Kier molecular flexibility index (Phi) is 6.70. The lowest BCUT2D eigenvalue weighted by Gasteiger charge is -2.23. The van der Waals surface area contributed by atoms with Crippen molar-refractivity contribution in [3.63, 3.8) is 0 Å². The Balaban J connectivity index is 3.44. The van der Waals surface area contributed by atoms with Gasteiger partial charge in [0.25, 0.3) is 0 Å². The van der Waals surface area contributed by atoms with Crippen molar-refractivity contribution in [3.8, 4) is 0 Å². The van der Waals surface area contributed by atoms with Crippen LogP contribution in [0.5, 0.6) is 0 Å². The molecule has 1 heteroatoms. The van der Waals surface area contributed by atoms with Gasteiger partial charge in [-0.3, -0.25) is 4.79 Å². The molecule has 0 bridgehead atoms. The Bertz CT molecular complexity index is 456. The van der Waals surface area contributed by atoms with Crippen molar-refractivity contribution < 1.29 is 4.79 Å². The van der Waals surface area contributed by atoms with Crippen LogP contribution >= 0.6 is 0 Å². The Morgan fingerprint density at radius 1 is 1.05 bits per heavy atom. The third-order valence-corrected chi connectivity index (χ3v) is 4.07. The maximum absolute atomic E-state index is 12.2. The smallest absolute Gasteiger partial charge is 0.156 e. The van der Waals surface area contributed by atoms with E-state index in [0.29, 0.717) is 11.8 Å². The van der Waals surface area contributed by atoms with Gasteiger partial charge in [-0.1, -0.05) is 64.4 Å². The van der Waals surface area contributed by atoms with Gasteiger partial charge in [-0.05, 0) is 42.7 Å². The molecule has 0 radical (unpaired) electrons. The normalized spacial score (nSPS) is 15.4. The highest BCUT2D eigenvalue weighted by Gasteiger charge is 2.22. The van der Waals surface area contributed by atoms with Gasteiger partial charge in [0.2, 0.25) is 0 Å². The summed E-state index contributed by atoms with van der Waals surface area (Å²) in [6, 6.07) is 10.4. The summed E-state index contributed by atoms with van der Waals surface area (Å²) >= 11 is 0. The summed E-state index contributed by atoms with van der Waals surface area (Å²) in [4.78, 5) is 12.2. The number of allylic oxidation sites excluding steroid dienone is 2. The van der Waals surface area contributed by atoms with Gasteiger partial charge in [-0.25, -0.2) is 0 Å². The third kappa shape index (κ3) is 4.06. The van der Waals surface area contributed by atoms with Gasteiger partial charge in [-0.2, -0.15) is 0 Å². The van der Waals surface area contributed by atoms with Gasteiger partial charge < -0.3 is 0 Å². The molecule has 2 atom stereocenters. The van der Waals surface area contributed by atoms with E-state index < -0.39 is 0 Å². The minimum Gasteiger partial charge on any atom is -0.295 e. The molecule has 0 N–H and O–H groups in total. The number of carbonyl (C=O) groups excluding carboxylic acids is 1. The molecule has 0 spiro atoms. The minimum absolute atomic E-state index is 0.223. The number of benzene rings is 1. The summed E-state index contributed by atoms with van der Waals surface area (Å²) in [6.07, 6.45) is 3.27. The highest BCUT2D eigenvalue weighted by Crippen LogP contribution is 2.34. The second kappa shape index (κ2) is 8.04. The molecule has 0 heterocycles. The second-order valence-corrected chi connectivity index (χ2v) is 5.75. The zero-order valence-corrected chi connectivity index (χ0v) is 13.6. The summed E-state index contributed by atoms with van der Waals surface area (Å²) < 4.78 is 0. The van der Waals surface area contributed by atoms with Crippen LogP contribution in [-0.4, -0.2) is 5.78 Å². The molecule has 0 aliphatic rings. The molecule has 0 saturated carbocycles. The van der Waals surface area contributed by atoms with E-state index in [1.54, 1.807) is 6.92 Å². The van der Waals surface area contributed by atoms with Crippen LogP contribution in [0.2, 0.25) is 0 Å². The van der Waals surface area contributed by atoms with Gasteiger partial charge in [-0.15, -0.1) is 0 Å². The van der Waals surface area contributed by atoms with Crippen LogP contribution in [-0.2, 0) is 4.79 Å². The van der Waals surface area contributed by atoms with E-state index in [9.17, 15) is 4.79 Å². The van der Waals surface area contributed by atoms with Gasteiger partial charge in [0.05, 0.1) is 0 Å². The van der Waals surface area contributed by atoms with E-state index in [-0.39, 0.29) is 5.78 Å². The maximum Gasteiger partial charge on any atom is 0.156 e. The third-order valence-electron chi connectivity index (χ3n) is 4.07. The lowest BCUT2D eigenvalue weighted by Crippen LogP contribution is -2.14. The Hall–Kier alpha value is -1.37. The van der Waals surface area contributed by atoms with E-state index in [2.05, 4.69) is 52.0 Å². The van der Waals surface area contributed by atoms with Crippen molar-refractivity contribution in [3.05, 3.63) is 41.5 Å². The van der Waals surface area contributed by atoms with Crippen LogP contribution in [0.3, 0.4) is 0 Å². The first-order valence-electron chi connectivity index (χ1n) is 7.83. The summed E-state index contributed by atoms with van der Waals surface area (Å²) in [7, 11) is 0. The molecule has 0 saturated heterocycles. The van der Waals surface area contributed by atoms with E-state index in [1.165, 1.54) is 11.1 Å². The largest absolute Gasteiger partial charge is 0.295 e. The van der Waals surface area contributed by atoms with E-state index in [1.807, 2.05) is 6.07 Å². The van der Waals surface area contributed by atoms with Crippen LogP contribution in [0.25, 0.3) is 5.57 Å². The lowest BCUT2D eigenvalue weighted by atomic mass is 9.80. The SMILES string of the molecule is CCCC(C)/C(=C(/C(C)=O)[C@H](C)CC)c1ccccc1. The highest BCUT2D eigenvalue weighted by atomic mass is 16.1. The van der Waals surface area contributed by atoms with E-state index in [4.69, 9.17) is 0 Å². The van der Waals surface area contributed by atoms with Crippen LogP contribution < -0.4 is 0 Å². The monoisotopic (exact) mass is 272 g/mol. The van der Waals surface area contributed by atoms with Crippen molar-refractivity contribution in [1.82, 2.24) is 0 Å². The van der Waals surface area contributed by atoms with Crippen molar-refractivity contribution in [2.45, 2.75) is 53.9 Å². The average molecular weight is 272 g/mol. The van der Waals surface area contributed by atoms with Crippen LogP contribution in [0.4, 0.5) is 0 Å². The molecule has 1 aromatic rings. The molecule has 20 heavy (non-hydrogen) atoms. The summed E-state index contributed by atoms with van der Waals surface area (Å²) in [5, 5.41) is 0. The van der Waals surface area contributed by atoms with Gasteiger partial charge >= 0.3 is 0 Å². The van der Waals surface area contributed by atoms with Crippen LogP contribution in [0, 0.1) is 11.8 Å². The summed E-state index contributed by atoms with van der Waals surface area (Å²) in [6.45, 7) is 10.5. The van der Waals surface area contributed by atoms with Crippen molar-refractivity contribution in [2.24, 2.45) is 11.8 Å². The fourth-order valence-corrected chi connectivity index (χ4v) is 2.91. The lowest BCUT2D eigenvalue weighted by molar-refractivity contribution is -0.114. The number of ketones is 1. The molecular formula is C19H28O. The van der Waals surface area contributed by atoms with E-state index in [0.717, 1.165) is 24.8 Å². The number of carbonyl (C=O) groups is 1. The molecule has 1 aromatic carbocycles. The quantitative estimate of drug-likeness (QED) is 0.598. The Morgan fingerprint density at radius 3 is 2.10 bits per heavy atom. The number of Topliss-reactive ketones (excluding diaryl/α,β-unsaturated/α-hetero) is 1. The molecule has 1 unspecified atom stereocenters. The first kappa shape index (κ1) is 16.7. The Morgan fingerprint density at radius 2 is 1.65 bits per heavy atom. The fourth-order valence-electron chi connectivity index (χ4n) is 2.91. The van der Waals surface area contributed by atoms with Gasteiger partial charge in [0.1, 0.15) is 0 Å². The van der Waals surface area contributed by atoms with Crippen molar-refractivity contribution in [1.29, 1.82) is 0 Å². The maximum atomic E-state index is 12.2. The second-order valence-electron chi connectivity index (χ2n) is 5.75. The fraction of sp³-hybridized carbons (Fsp3) is 0.526. The topological polar surface area (TPSA) is 17.1 Å². The molecule has 0 amide bonds. The number of rotatable bonds is 7. The first-order valence-corrected chi connectivity index (χ1v) is 7.83. The molecule has 1 nitrogen and oxygen atoms in total. The predicted octanol–water partition coefficient (Wildman–Crippen LogP) is 5.51. The molecular weight excluding hydrogens is 244 g/mol. The van der Waals surface area contributed by atoms with Crippen LogP contribution in [0.1, 0.15) is 59.4 Å². The van der Waals surface area contributed by atoms with Crippen LogP contribution in [0.15, 0.2) is 35.9 Å². The zero-order chi connectivity index (χ0) is 15.1. The van der Waals surface area contributed by atoms with Crippen molar-refractivity contribution in [2.75, 3.05) is 0 Å². The zero-order valence-electron chi connectivity index (χ0n) is 13.6. The van der Waals surface area contributed by atoms with Gasteiger partial charge in [0, 0.05) is 5.57 Å². The Labute approximate surface area is 124 Å². The number of hydrogen-bond acceptors (Lipinski definition) is 1. The summed E-state index contributed by atoms with van der Waals surface area (Å²) in [5.41, 5.74) is 3.49. The molecule has 0 aliphatic carbocycles. The molecule has 0 aliphatic heterocycles. The number of hydrogen-bond donors (Lipinski definition) is 0. The molecule has 0 fully saturated rings. The minimum atomic E-state index is 0.223. The molecule has 110 valence electrons. The van der Waals surface area contributed by atoms with E-state index >= 15 is 0 Å². The highest BCUT2D eigenvalue weighted by molar-refractivity contribution is 6.01. The predicted molar refractivity (Wildman–Crippen MR) is 87.6 cm³/mol. The standard InChI is InChI=1S/C19H28O/c1-6-11-15(4)19(17-12-9-8-10-13-17)18(16(5)20)14(3)7-2/h8-10,12-15H,6-7,11H2,1-5H3/b19-18-/t14-,15?/m1/s1. The van der Waals surface area contributed by atoms with Gasteiger partial charge in [0.15, 0.2) is 5.78 Å². The van der Waals surface area contributed by atoms with Crippen molar-refractivity contribution >= 4 is 11.4 Å². The average Bonchev–Trinajstić information content (AvgIpc) is 2.44. The molecule has 1 rings (SSSR count). The first-order chi connectivity index (χ1) is 9.52. The summed E-state index contributed by atoms with van der Waals surface area (Å²) in [5.74, 6) is 0.971. The molecule has 0 aromatic heterocycles.